The van der Waals surface area contributed by atoms with E-state index < -0.39 is 0 Å². The van der Waals surface area contributed by atoms with Gasteiger partial charge >= 0.3 is 0 Å². The summed E-state index contributed by atoms with van der Waals surface area (Å²) in [7, 11) is 0. The third-order valence-corrected chi connectivity index (χ3v) is 3.81. The lowest BCUT2D eigenvalue weighted by atomic mass is 9.95. The number of benzene rings is 1. The van der Waals surface area contributed by atoms with Gasteiger partial charge in [-0.15, -0.1) is 0 Å². The van der Waals surface area contributed by atoms with Crippen molar-refractivity contribution >= 4 is 0 Å². The van der Waals surface area contributed by atoms with Crippen LogP contribution in [0.4, 0.5) is 0 Å². The maximum atomic E-state index is 6.25. The van der Waals surface area contributed by atoms with Crippen molar-refractivity contribution in [2.24, 2.45) is 5.73 Å². The molecular formula is C16H25NO. The molecule has 2 atom stereocenters. The minimum atomic E-state index is 0.134. The average Bonchev–Trinajstić information content (AvgIpc) is 2.40. The molecule has 0 aromatic heterocycles. The van der Waals surface area contributed by atoms with E-state index in [1.54, 1.807) is 0 Å². The van der Waals surface area contributed by atoms with E-state index in [4.69, 9.17) is 10.5 Å². The Morgan fingerprint density at radius 1 is 1.22 bits per heavy atom. The molecule has 2 heteroatoms. The SMILES string of the molecule is CC(C)c1ccc(CC(N)C2CCCCO2)cc1. The van der Waals surface area contributed by atoms with Gasteiger partial charge in [-0.2, -0.15) is 0 Å². The number of rotatable bonds is 4. The first-order valence-electron chi connectivity index (χ1n) is 7.13. The molecule has 1 aromatic rings. The topological polar surface area (TPSA) is 35.2 Å². The summed E-state index contributed by atoms with van der Waals surface area (Å²) in [4.78, 5) is 0. The van der Waals surface area contributed by atoms with E-state index in [-0.39, 0.29) is 12.1 Å². The maximum Gasteiger partial charge on any atom is 0.0729 e. The molecule has 100 valence electrons. The number of ether oxygens (including phenoxy) is 1. The molecule has 2 rings (SSSR count). The van der Waals surface area contributed by atoms with Crippen LogP contribution in [-0.4, -0.2) is 18.8 Å². The molecule has 2 unspecified atom stereocenters. The lowest BCUT2D eigenvalue weighted by Crippen LogP contribution is -2.40. The molecule has 0 bridgehead atoms. The average molecular weight is 247 g/mol. The van der Waals surface area contributed by atoms with E-state index >= 15 is 0 Å². The second-order valence-electron chi connectivity index (χ2n) is 5.67. The zero-order valence-corrected chi connectivity index (χ0v) is 11.6. The lowest BCUT2D eigenvalue weighted by molar-refractivity contribution is 0.000635. The minimum absolute atomic E-state index is 0.134. The molecule has 0 aliphatic carbocycles. The van der Waals surface area contributed by atoms with Gasteiger partial charge in [-0.1, -0.05) is 38.1 Å². The van der Waals surface area contributed by atoms with Crippen molar-refractivity contribution in [2.45, 2.75) is 57.6 Å². The number of nitrogens with two attached hydrogens (primary N) is 1. The van der Waals surface area contributed by atoms with Crippen LogP contribution >= 0.6 is 0 Å². The first kappa shape index (κ1) is 13.6. The summed E-state index contributed by atoms with van der Waals surface area (Å²) in [6.07, 6.45) is 4.73. The van der Waals surface area contributed by atoms with Crippen LogP contribution in [0.25, 0.3) is 0 Å². The van der Waals surface area contributed by atoms with Crippen LogP contribution in [0.1, 0.15) is 50.2 Å². The third kappa shape index (κ3) is 3.56. The number of hydrogen-bond acceptors (Lipinski definition) is 2. The summed E-state index contributed by atoms with van der Waals surface area (Å²) < 4.78 is 5.75. The van der Waals surface area contributed by atoms with E-state index in [0.717, 1.165) is 19.4 Å². The van der Waals surface area contributed by atoms with Crippen molar-refractivity contribution in [1.29, 1.82) is 0 Å². The first-order chi connectivity index (χ1) is 8.66. The second-order valence-corrected chi connectivity index (χ2v) is 5.67. The maximum absolute atomic E-state index is 6.25. The Morgan fingerprint density at radius 2 is 1.94 bits per heavy atom. The molecule has 0 spiro atoms. The van der Waals surface area contributed by atoms with E-state index in [0.29, 0.717) is 5.92 Å². The predicted molar refractivity (Wildman–Crippen MR) is 75.8 cm³/mol. The molecule has 0 amide bonds. The van der Waals surface area contributed by atoms with Gasteiger partial charge in [-0.25, -0.2) is 0 Å². The van der Waals surface area contributed by atoms with Crippen LogP contribution in [-0.2, 0) is 11.2 Å². The Morgan fingerprint density at radius 3 is 2.50 bits per heavy atom. The van der Waals surface area contributed by atoms with E-state index in [9.17, 15) is 0 Å². The van der Waals surface area contributed by atoms with Gasteiger partial charge < -0.3 is 10.5 Å². The van der Waals surface area contributed by atoms with Gasteiger partial charge in [0.15, 0.2) is 0 Å². The Hall–Kier alpha value is -0.860. The van der Waals surface area contributed by atoms with Gasteiger partial charge in [0.25, 0.3) is 0 Å². The molecule has 1 saturated heterocycles. The molecule has 1 fully saturated rings. The van der Waals surface area contributed by atoms with Gasteiger partial charge in [0.2, 0.25) is 0 Å². The molecule has 2 nitrogen and oxygen atoms in total. The fraction of sp³-hybridized carbons (Fsp3) is 0.625. The Bertz CT molecular complexity index is 352. The highest BCUT2D eigenvalue weighted by molar-refractivity contribution is 5.25. The Labute approximate surface area is 111 Å². The smallest absolute Gasteiger partial charge is 0.0729 e. The highest BCUT2D eigenvalue weighted by Gasteiger charge is 2.21. The molecular weight excluding hydrogens is 222 g/mol. The lowest BCUT2D eigenvalue weighted by Gasteiger charge is -2.28. The summed E-state index contributed by atoms with van der Waals surface area (Å²) in [5, 5.41) is 0. The van der Waals surface area contributed by atoms with Crippen LogP contribution in [0.2, 0.25) is 0 Å². The Kier molecular flexibility index (Phi) is 4.79. The van der Waals surface area contributed by atoms with Crippen LogP contribution < -0.4 is 5.73 Å². The highest BCUT2D eigenvalue weighted by Crippen LogP contribution is 2.19. The fourth-order valence-corrected chi connectivity index (χ4v) is 2.55. The molecule has 1 heterocycles. The summed E-state index contributed by atoms with van der Waals surface area (Å²) in [6, 6.07) is 8.98. The van der Waals surface area contributed by atoms with E-state index in [2.05, 4.69) is 38.1 Å². The van der Waals surface area contributed by atoms with Crippen molar-refractivity contribution in [2.75, 3.05) is 6.61 Å². The highest BCUT2D eigenvalue weighted by atomic mass is 16.5. The predicted octanol–water partition coefficient (Wildman–Crippen LogP) is 3.25. The van der Waals surface area contributed by atoms with Crippen LogP contribution in [0.15, 0.2) is 24.3 Å². The molecule has 0 saturated carbocycles. The van der Waals surface area contributed by atoms with Crippen LogP contribution in [0.3, 0.4) is 0 Å². The van der Waals surface area contributed by atoms with Crippen molar-refractivity contribution in [3.63, 3.8) is 0 Å². The van der Waals surface area contributed by atoms with Gasteiger partial charge in [0.1, 0.15) is 0 Å². The van der Waals surface area contributed by atoms with Crippen molar-refractivity contribution in [3.8, 4) is 0 Å². The first-order valence-corrected chi connectivity index (χ1v) is 7.13. The van der Waals surface area contributed by atoms with Gasteiger partial charge in [-0.05, 0) is 42.7 Å². The van der Waals surface area contributed by atoms with Crippen molar-refractivity contribution in [1.82, 2.24) is 0 Å². The van der Waals surface area contributed by atoms with Crippen LogP contribution in [0, 0.1) is 0 Å². The van der Waals surface area contributed by atoms with E-state index in [1.165, 1.54) is 24.0 Å². The molecule has 1 aliphatic heterocycles. The molecule has 0 radical (unpaired) electrons. The van der Waals surface area contributed by atoms with Gasteiger partial charge in [0, 0.05) is 12.6 Å². The minimum Gasteiger partial charge on any atom is -0.377 e. The van der Waals surface area contributed by atoms with Gasteiger partial charge in [-0.3, -0.25) is 0 Å². The fourth-order valence-electron chi connectivity index (χ4n) is 2.55. The molecule has 18 heavy (non-hydrogen) atoms. The number of hydrogen-bond donors (Lipinski definition) is 1. The quantitative estimate of drug-likeness (QED) is 0.886. The summed E-state index contributed by atoms with van der Waals surface area (Å²) in [5.74, 6) is 0.592. The molecule has 1 aromatic carbocycles. The summed E-state index contributed by atoms with van der Waals surface area (Å²) in [6.45, 7) is 5.32. The largest absolute Gasteiger partial charge is 0.377 e. The Balaban J connectivity index is 1.91. The third-order valence-electron chi connectivity index (χ3n) is 3.81. The summed E-state index contributed by atoms with van der Waals surface area (Å²) in [5.41, 5.74) is 8.96. The van der Waals surface area contributed by atoms with Crippen LogP contribution in [0.5, 0.6) is 0 Å². The monoisotopic (exact) mass is 247 g/mol. The normalized spacial score (nSPS) is 22.1. The zero-order chi connectivity index (χ0) is 13.0. The van der Waals surface area contributed by atoms with Crippen molar-refractivity contribution < 1.29 is 4.74 Å². The second kappa shape index (κ2) is 6.35. The van der Waals surface area contributed by atoms with E-state index in [1.807, 2.05) is 0 Å². The zero-order valence-electron chi connectivity index (χ0n) is 11.6. The summed E-state index contributed by atoms with van der Waals surface area (Å²) >= 11 is 0. The molecule has 2 N–H and O–H groups in total. The standard InChI is InChI=1S/C16H25NO/c1-12(2)14-8-6-13(7-9-14)11-15(17)16-5-3-4-10-18-16/h6-9,12,15-16H,3-5,10-11,17H2,1-2H3. The van der Waals surface area contributed by atoms with Gasteiger partial charge in [0.05, 0.1) is 6.10 Å². The van der Waals surface area contributed by atoms with Crippen molar-refractivity contribution in [3.05, 3.63) is 35.4 Å². The molecule has 1 aliphatic rings.